The second-order valence-electron chi connectivity index (χ2n) is 7.23. The number of rotatable bonds is 7. The molecule has 3 heteroatoms. The summed E-state index contributed by atoms with van der Waals surface area (Å²) in [6, 6.07) is 0.700. The van der Waals surface area contributed by atoms with E-state index in [1.165, 1.54) is 45.2 Å². The molecule has 1 N–H and O–H groups in total. The Labute approximate surface area is 125 Å². The SMILES string of the molecule is CCCOCCN1CC2(CCCC2)NCC1CC(C)C. The molecule has 1 aliphatic carbocycles. The maximum absolute atomic E-state index is 5.73. The molecule has 1 aliphatic heterocycles. The molecule has 1 saturated heterocycles. The van der Waals surface area contributed by atoms with Gasteiger partial charge in [-0.1, -0.05) is 33.6 Å². The van der Waals surface area contributed by atoms with E-state index < -0.39 is 0 Å². The van der Waals surface area contributed by atoms with Gasteiger partial charge in [-0.15, -0.1) is 0 Å². The van der Waals surface area contributed by atoms with E-state index in [2.05, 4.69) is 31.0 Å². The van der Waals surface area contributed by atoms with E-state index >= 15 is 0 Å². The highest BCUT2D eigenvalue weighted by Gasteiger charge is 2.40. The van der Waals surface area contributed by atoms with Gasteiger partial charge in [0.05, 0.1) is 6.61 Å². The lowest BCUT2D eigenvalue weighted by molar-refractivity contribution is 0.0348. The Bertz CT molecular complexity index is 274. The van der Waals surface area contributed by atoms with E-state index in [9.17, 15) is 0 Å². The lowest BCUT2D eigenvalue weighted by Crippen LogP contribution is -2.63. The number of hydrogen-bond donors (Lipinski definition) is 1. The van der Waals surface area contributed by atoms with Crippen LogP contribution < -0.4 is 5.32 Å². The maximum Gasteiger partial charge on any atom is 0.0593 e. The predicted octanol–water partition coefficient (Wildman–Crippen LogP) is 3.05. The average molecular weight is 282 g/mol. The van der Waals surface area contributed by atoms with Gasteiger partial charge in [0.15, 0.2) is 0 Å². The van der Waals surface area contributed by atoms with Crippen LogP contribution in [0.25, 0.3) is 0 Å². The minimum absolute atomic E-state index is 0.429. The van der Waals surface area contributed by atoms with Gasteiger partial charge in [-0.2, -0.15) is 0 Å². The van der Waals surface area contributed by atoms with Crippen LogP contribution in [-0.4, -0.2) is 49.3 Å². The smallest absolute Gasteiger partial charge is 0.0593 e. The molecule has 1 spiro atoms. The van der Waals surface area contributed by atoms with Crippen LogP contribution in [0, 0.1) is 5.92 Å². The third-order valence-electron chi connectivity index (χ3n) is 4.91. The van der Waals surface area contributed by atoms with Gasteiger partial charge in [0.2, 0.25) is 0 Å². The number of nitrogens with zero attached hydrogens (tertiary/aromatic N) is 1. The van der Waals surface area contributed by atoms with E-state index in [-0.39, 0.29) is 0 Å². The van der Waals surface area contributed by atoms with Crippen LogP contribution in [0.1, 0.15) is 59.3 Å². The first-order valence-corrected chi connectivity index (χ1v) is 8.72. The molecule has 0 amide bonds. The normalized spacial score (nSPS) is 26.7. The summed E-state index contributed by atoms with van der Waals surface area (Å²) in [5.74, 6) is 0.776. The van der Waals surface area contributed by atoms with Crippen LogP contribution in [0.2, 0.25) is 0 Å². The summed E-state index contributed by atoms with van der Waals surface area (Å²) >= 11 is 0. The van der Waals surface area contributed by atoms with Crippen molar-refractivity contribution < 1.29 is 4.74 Å². The molecule has 118 valence electrons. The Hall–Kier alpha value is -0.120. The summed E-state index contributed by atoms with van der Waals surface area (Å²) in [5.41, 5.74) is 0.429. The zero-order valence-electron chi connectivity index (χ0n) is 13.8. The molecule has 0 radical (unpaired) electrons. The van der Waals surface area contributed by atoms with Gasteiger partial charge in [-0.05, 0) is 31.6 Å². The standard InChI is InChI=1S/C17H34N2O/c1-4-10-20-11-9-19-14-17(7-5-6-8-17)18-13-16(19)12-15(2)3/h15-16,18H,4-14H2,1-3H3. The van der Waals surface area contributed by atoms with Crippen molar-refractivity contribution in [3.05, 3.63) is 0 Å². The average Bonchev–Trinajstić information content (AvgIpc) is 2.86. The zero-order valence-corrected chi connectivity index (χ0v) is 13.8. The largest absolute Gasteiger partial charge is 0.380 e. The summed E-state index contributed by atoms with van der Waals surface area (Å²) in [7, 11) is 0. The van der Waals surface area contributed by atoms with Crippen molar-refractivity contribution in [3.63, 3.8) is 0 Å². The van der Waals surface area contributed by atoms with Crippen molar-refractivity contribution in [1.29, 1.82) is 0 Å². The third-order valence-corrected chi connectivity index (χ3v) is 4.91. The topological polar surface area (TPSA) is 24.5 Å². The van der Waals surface area contributed by atoms with E-state index in [0.29, 0.717) is 11.6 Å². The fraction of sp³-hybridized carbons (Fsp3) is 1.00. The fourth-order valence-corrected chi connectivity index (χ4v) is 3.89. The van der Waals surface area contributed by atoms with Gasteiger partial charge in [-0.3, -0.25) is 4.90 Å². The molecule has 0 aromatic carbocycles. The highest BCUT2D eigenvalue weighted by atomic mass is 16.5. The first-order valence-electron chi connectivity index (χ1n) is 8.72. The van der Waals surface area contributed by atoms with Crippen LogP contribution in [-0.2, 0) is 4.74 Å². The molecule has 2 aliphatic rings. The molecule has 2 fully saturated rings. The van der Waals surface area contributed by atoms with Crippen LogP contribution in [0.4, 0.5) is 0 Å². The third kappa shape index (κ3) is 4.44. The first kappa shape index (κ1) is 16.3. The van der Waals surface area contributed by atoms with E-state index in [0.717, 1.165) is 32.1 Å². The van der Waals surface area contributed by atoms with Crippen molar-refractivity contribution in [2.75, 3.05) is 32.8 Å². The van der Waals surface area contributed by atoms with Crippen LogP contribution >= 0.6 is 0 Å². The number of piperazine rings is 1. The van der Waals surface area contributed by atoms with Crippen molar-refractivity contribution in [2.45, 2.75) is 70.9 Å². The zero-order chi connectivity index (χ0) is 14.4. The monoisotopic (exact) mass is 282 g/mol. The quantitative estimate of drug-likeness (QED) is 0.726. The van der Waals surface area contributed by atoms with E-state index in [1.807, 2.05) is 0 Å². The van der Waals surface area contributed by atoms with Crippen molar-refractivity contribution in [3.8, 4) is 0 Å². The predicted molar refractivity (Wildman–Crippen MR) is 85.1 cm³/mol. The highest BCUT2D eigenvalue weighted by molar-refractivity contribution is 5.01. The van der Waals surface area contributed by atoms with Gasteiger partial charge < -0.3 is 10.1 Å². The molecule has 1 heterocycles. The molecule has 1 saturated carbocycles. The Balaban J connectivity index is 1.88. The second-order valence-corrected chi connectivity index (χ2v) is 7.23. The van der Waals surface area contributed by atoms with Gasteiger partial charge in [0.25, 0.3) is 0 Å². The molecule has 0 aromatic heterocycles. The molecule has 2 rings (SSSR count). The molecular formula is C17H34N2O. The van der Waals surface area contributed by atoms with E-state index in [1.54, 1.807) is 0 Å². The molecule has 3 nitrogen and oxygen atoms in total. The molecule has 1 atom stereocenters. The molecule has 20 heavy (non-hydrogen) atoms. The van der Waals surface area contributed by atoms with Crippen molar-refractivity contribution >= 4 is 0 Å². The molecule has 0 aromatic rings. The Morgan fingerprint density at radius 3 is 2.65 bits per heavy atom. The first-order chi connectivity index (χ1) is 9.65. The van der Waals surface area contributed by atoms with Gasteiger partial charge in [0, 0.05) is 37.8 Å². The lowest BCUT2D eigenvalue weighted by Gasteiger charge is -2.47. The summed E-state index contributed by atoms with van der Waals surface area (Å²) < 4.78 is 5.73. The van der Waals surface area contributed by atoms with Crippen LogP contribution in [0.3, 0.4) is 0 Å². The van der Waals surface area contributed by atoms with Crippen molar-refractivity contribution in [1.82, 2.24) is 10.2 Å². The number of hydrogen-bond acceptors (Lipinski definition) is 3. The fourth-order valence-electron chi connectivity index (χ4n) is 3.89. The lowest BCUT2D eigenvalue weighted by atomic mass is 9.90. The highest BCUT2D eigenvalue weighted by Crippen LogP contribution is 2.33. The summed E-state index contributed by atoms with van der Waals surface area (Å²) in [6.45, 7) is 12.2. The molecular weight excluding hydrogens is 248 g/mol. The van der Waals surface area contributed by atoms with Gasteiger partial charge in [0.1, 0.15) is 0 Å². The van der Waals surface area contributed by atoms with Gasteiger partial charge in [-0.25, -0.2) is 0 Å². The minimum Gasteiger partial charge on any atom is -0.380 e. The molecule has 1 unspecified atom stereocenters. The molecule has 0 bridgehead atoms. The second kappa shape index (κ2) is 7.77. The Morgan fingerprint density at radius 2 is 2.00 bits per heavy atom. The number of nitrogens with one attached hydrogen (secondary N) is 1. The number of ether oxygens (including phenoxy) is 1. The Kier molecular flexibility index (Phi) is 6.31. The minimum atomic E-state index is 0.429. The van der Waals surface area contributed by atoms with E-state index in [4.69, 9.17) is 4.74 Å². The maximum atomic E-state index is 5.73. The van der Waals surface area contributed by atoms with Gasteiger partial charge >= 0.3 is 0 Å². The Morgan fingerprint density at radius 1 is 1.25 bits per heavy atom. The summed E-state index contributed by atoms with van der Waals surface area (Å²) in [5, 5.41) is 3.90. The summed E-state index contributed by atoms with van der Waals surface area (Å²) in [6.07, 6.45) is 7.98. The summed E-state index contributed by atoms with van der Waals surface area (Å²) in [4.78, 5) is 2.72. The van der Waals surface area contributed by atoms with Crippen molar-refractivity contribution in [2.24, 2.45) is 5.92 Å². The van der Waals surface area contributed by atoms with Crippen LogP contribution in [0.5, 0.6) is 0 Å². The van der Waals surface area contributed by atoms with Crippen LogP contribution in [0.15, 0.2) is 0 Å².